The number of unbranched alkanes of at least 4 members (excludes halogenated alkanes) is 2. The maximum Gasteiger partial charge on any atom is 1.00 e. The van der Waals surface area contributed by atoms with Gasteiger partial charge in [0, 0.05) is 55.3 Å². The molecule has 0 aliphatic carbocycles. The Labute approximate surface area is 552 Å². The third-order valence-corrected chi connectivity index (χ3v) is 16.8. The van der Waals surface area contributed by atoms with Crippen LogP contribution in [0.25, 0.3) is 20.9 Å². The number of carboxylic acid groups (broad SMARTS) is 4. The number of amides is 2. The van der Waals surface area contributed by atoms with E-state index >= 15 is 0 Å². The summed E-state index contributed by atoms with van der Waals surface area (Å²) in [6, 6.07) is 12.4. The van der Waals surface area contributed by atoms with E-state index in [1.165, 1.54) is 10.8 Å². The zero-order valence-electron chi connectivity index (χ0n) is 52.7. The number of carbonyl (C=O) groups is 9. The molecule has 0 radical (unpaired) electrons. The van der Waals surface area contributed by atoms with E-state index in [1.54, 1.807) is 129 Å². The number of ether oxygens (including phenoxy) is 5. The van der Waals surface area contributed by atoms with E-state index in [0.717, 1.165) is 11.1 Å². The van der Waals surface area contributed by atoms with Crippen molar-refractivity contribution in [1.29, 1.82) is 0 Å². The first-order valence-electron chi connectivity index (χ1n) is 27.3. The molecule has 88 heavy (non-hydrogen) atoms. The van der Waals surface area contributed by atoms with Crippen LogP contribution in [0.5, 0.6) is 0 Å². The number of hydrogen-bond donors (Lipinski definition) is 6. The summed E-state index contributed by atoms with van der Waals surface area (Å²) in [5.41, 5.74) is 23.4. The molecule has 2 amide bonds. The van der Waals surface area contributed by atoms with Crippen molar-refractivity contribution < 1.29 is 117 Å². The monoisotopic (exact) mass is 1320 g/mol. The molecular formula is C56H86N9NaO18S4. The van der Waals surface area contributed by atoms with Gasteiger partial charge in [-0.1, -0.05) is 157 Å². The molecule has 0 aliphatic heterocycles. The van der Waals surface area contributed by atoms with E-state index in [0.29, 0.717) is 74.5 Å². The molecule has 7 N–H and O–H groups in total. The van der Waals surface area contributed by atoms with Crippen molar-refractivity contribution in [2.45, 2.75) is 181 Å². The molecular weight excluding hydrogens is 1240 g/mol. The summed E-state index contributed by atoms with van der Waals surface area (Å²) < 4.78 is 24.5. The third kappa shape index (κ3) is 52.2. The molecule has 0 bridgehead atoms. The Balaban J connectivity index is -0.00000126. The minimum Gasteiger partial charge on any atom is -0.565 e. The molecule has 4 atom stereocenters. The first-order valence-corrected chi connectivity index (χ1v) is 31.9. The van der Waals surface area contributed by atoms with Crippen molar-refractivity contribution in [2.24, 2.45) is 33.7 Å². The Morgan fingerprint density at radius 2 is 0.932 bits per heavy atom. The van der Waals surface area contributed by atoms with Crippen LogP contribution in [0.2, 0.25) is 0 Å². The third-order valence-electron chi connectivity index (χ3n) is 10.0. The van der Waals surface area contributed by atoms with Crippen LogP contribution in [0.15, 0.2) is 58.8 Å². The second-order valence-electron chi connectivity index (χ2n) is 22.9. The number of nitrogens with zero attached hydrogens (tertiary/aromatic N) is 6. The van der Waals surface area contributed by atoms with Crippen molar-refractivity contribution in [3.05, 3.63) is 80.5 Å². The van der Waals surface area contributed by atoms with Gasteiger partial charge in [-0.3, -0.25) is 28.8 Å². The van der Waals surface area contributed by atoms with Gasteiger partial charge < -0.3 is 65.3 Å². The molecule has 2 aromatic rings. The van der Waals surface area contributed by atoms with E-state index in [9.17, 15) is 38.4 Å². The zero-order valence-corrected chi connectivity index (χ0v) is 58.0. The molecule has 2 aromatic carbocycles. The van der Waals surface area contributed by atoms with Crippen LogP contribution < -0.4 is 51.0 Å². The van der Waals surface area contributed by atoms with Crippen molar-refractivity contribution in [3.8, 4) is 0 Å². The standard InChI is InChI=1S/C23H34N4O5S2.C22H33N5O5S2.C10H18O5.CH2O3.Na/c1-16(22(30)31)7-5-6-12-25-21(29)18(15-33-34-23(2,3)4)13-20(28)32-14-17-8-10-19(11-9-17)26-27-24;1-22(2,3)34-33-14-16(20(29)25-11-5-4-6-18(23)21(30)31)12-19(28)32-13-15-7-9-17(10-8-15)26-27-24;1-9(2,3)14-7(11)13-8(12)15-10(4,5)6;2-1(3)4;/h8-11,16,18H,5-7,12-15H2,1-4H3,(H,25,29)(H,30,31);7-10,16,18H,4-6,11-14,23H2,1-3H3,(H,25,29)(H,30,31);1-6H3;(H2,2,3,4);/q;;;;+1/p-1/t2*16-,18-;;;/m00.../s1. The summed E-state index contributed by atoms with van der Waals surface area (Å²) in [7, 11) is 6.38. The number of rotatable bonds is 30. The Hall–Kier alpha value is -5.75. The second-order valence-corrected chi connectivity index (χ2v) is 29.2. The van der Waals surface area contributed by atoms with Gasteiger partial charge in [-0.15, -0.1) is 0 Å². The molecule has 0 heterocycles. The number of aliphatic carboxylic acids is 2. The van der Waals surface area contributed by atoms with Crippen molar-refractivity contribution in [3.63, 3.8) is 0 Å². The fourth-order valence-electron chi connectivity index (χ4n) is 5.94. The largest absolute Gasteiger partial charge is 1.00 e. The van der Waals surface area contributed by atoms with Gasteiger partial charge in [-0.05, 0) is 95.8 Å². The molecule has 0 fully saturated rings. The summed E-state index contributed by atoms with van der Waals surface area (Å²) in [4.78, 5) is 108. The SMILES string of the molecule is CC(C)(C)OC(=O)OC(=O)OC(C)(C)C.CC(C)(C)SSC[C@H](CC(=O)OCc1ccc(N=[N+]=[N-])cc1)C(=O)NCCCC[C@H](N)C(=O)O.C[C@@H](CCCCNC(=O)[C@H](CSSC(C)(C)C)CC(=O)OCc1ccc(N=[N+]=[N-])cc1)C(=O)O.O=C([O-])O.[Na+]. The van der Waals surface area contributed by atoms with Crippen LogP contribution in [0.4, 0.5) is 25.8 Å². The molecule has 0 unspecified atom stereocenters. The summed E-state index contributed by atoms with van der Waals surface area (Å²) in [6.45, 7) is 25.1. The number of azide groups is 2. The Bertz CT molecular complexity index is 2400. The van der Waals surface area contributed by atoms with E-state index in [4.69, 9.17) is 61.0 Å². The maximum atomic E-state index is 12.7. The smallest absolute Gasteiger partial charge is 0.565 e. The Morgan fingerprint density at radius 1 is 0.591 bits per heavy atom. The maximum absolute atomic E-state index is 12.7. The van der Waals surface area contributed by atoms with E-state index in [2.05, 4.69) is 77.0 Å². The topological polar surface area (TPSA) is 431 Å². The van der Waals surface area contributed by atoms with E-state index in [1.807, 2.05) is 0 Å². The minimum absolute atomic E-state index is 0. The number of benzene rings is 2. The summed E-state index contributed by atoms with van der Waals surface area (Å²) in [5, 5.41) is 45.8. The van der Waals surface area contributed by atoms with Crippen molar-refractivity contribution >= 4 is 109 Å². The van der Waals surface area contributed by atoms with Crippen molar-refractivity contribution in [2.75, 3.05) is 24.6 Å². The number of carbonyl (C=O) groups excluding carboxylic acids is 6. The normalized spacial score (nSPS) is 12.2. The van der Waals surface area contributed by atoms with Crippen LogP contribution in [0, 0.1) is 17.8 Å². The number of hydrogen-bond acceptors (Lipinski definition) is 22. The number of carboxylic acids is 2. The first kappa shape index (κ1) is 86.5. The summed E-state index contributed by atoms with van der Waals surface area (Å²) in [6.07, 6.45) is -0.836. The van der Waals surface area contributed by atoms with Gasteiger partial charge in [0.15, 0.2) is 0 Å². The summed E-state index contributed by atoms with van der Waals surface area (Å²) >= 11 is 0. The molecule has 0 spiro atoms. The predicted octanol–water partition coefficient (Wildman–Crippen LogP) is 9.19. The molecule has 0 saturated heterocycles. The Kier molecular flexibility index (Phi) is 45.5. The van der Waals surface area contributed by atoms with E-state index < -0.39 is 77.3 Å². The van der Waals surface area contributed by atoms with Gasteiger partial charge in [0.25, 0.3) is 0 Å². The summed E-state index contributed by atoms with van der Waals surface area (Å²) in [5.74, 6) is -3.80. The Morgan fingerprint density at radius 3 is 1.23 bits per heavy atom. The van der Waals surface area contributed by atoms with Gasteiger partial charge in [-0.25, -0.2) is 9.59 Å². The van der Waals surface area contributed by atoms with Gasteiger partial charge in [0.2, 0.25) is 18.0 Å². The van der Waals surface area contributed by atoms with Crippen LogP contribution >= 0.6 is 43.2 Å². The van der Waals surface area contributed by atoms with Crippen LogP contribution in [0.3, 0.4) is 0 Å². The van der Waals surface area contributed by atoms with Crippen LogP contribution in [-0.4, -0.2) is 121 Å². The first-order chi connectivity index (χ1) is 40.3. The van der Waals surface area contributed by atoms with Gasteiger partial charge in [0.1, 0.15) is 30.5 Å². The number of esters is 2. The zero-order chi connectivity index (χ0) is 67.0. The predicted molar refractivity (Wildman–Crippen MR) is 334 cm³/mol. The van der Waals surface area contributed by atoms with Crippen LogP contribution in [0.1, 0.15) is 153 Å². The average molecular weight is 1320 g/mol. The van der Waals surface area contributed by atoms with Gasteiger partial charge in [0.05, 0.1) is 30.6 Å². The van der Waals surface area contributed by atoms with Crippen molar-refractivity contribution in [1.82, 2.24) is 10.6 Å². The average Bonchev–Trinajstić information content (AvgIpc) is 3.41. The molecule has 0 saturated carbocycles. The fourth-order valence-corrected chi connectivity index (χ4v) is 11.2. The number of nitrogens with two attached hydrogens (primary N) is 1. The second kappa shape index (κ2) is 46.4. The molecule has 0 aliphatic rings. The molecule has 0 aromatic heterocycles. The molecule has 32 heteroatoms. The quantitative estimate of drug-likeness (QED) is 0.00488. The van der Waals surface area contributed by atoms with Gasteiger partial charge in [-0.2, -0.15) is 0 Å². The number of nitrogens with one attached hydrogen (secondary N) is 2. The minimum atomic E-state index is -2.08. The molecule has 27 nitrogen and oxygen atoms in total. The van der Waals surface area contributed by atoms with Gasteiger partial charge >= 0.3 is 65.7 Å². The fraction of sp³-hybridized carbons (Fsp3) is 0.625. The molecule has 2 rings (SSSR count). The van der Waals surface area contributed by atoms with E-state index in [-0.39, 0.29) is 76.9 Å². The van der Waals surface area contributed by atoms with Crippen LogP contribution in [-0.2, 0) is 65.7 Å². The molecule has 488 valence electrons.